The van der Waals surface area contributed by atoms with Crippen molar-refractivity contribution in [1.82, 2.24) is 0 Å². The van der Waals surface area contributed by atoms with Gasteiger partial charge in [-0.3, -0.25) is 4.79 Å². The molecule has 13 nitrogen and oxygen atoms in total. The fraction of sp³-hybridized carbons (Fsp3) is 0.857. The van der Waals surface area contributed by atoms with Gasteiger partial charge in [-0.25, -0.2) is 4.79 Å². The van der Waals surface area contributed by atoms with Crippen LogP contribution < -0.4 is 0 Å². The Morgan fingerprint density at radius 1 is 0.926 bits per heavy atom. The summed E-state index contributed by atoms with van der Waals surface area (Å²) in [5, 5.41) is 106. The third-order valence-electron chi connectivity index (χ3n) is 5.01. The highest BCUT2D eigenvalue weighted by molar-refractivity contribution is 6.12. The lowest BCUT2D eigenvalue weighted by Crippen LogP contribution is -2.79. The summed E-state index contributed by atoms with van der Waals surface area (Å²) >= 11 is 0. The van der Waals surface area contributed by atoms with E-state index in [2.05, 4.69) is 0 Å². The van der Waals surface area contributed by atoms with Crippen LogP contribution >= 0.6 is 0 Å². The molecule has 11 N–H and O–H groups in total. The lowest BCUT2D eigenvalue weighted by Gasteiger charge is -2.55. The number of hydrogen-bond donors (Lipinski definition) is 11. The van der Waals surface area contributed by atoms with Crippen molar-refractivity contribution in [1.29, 1.82) is 0 Å². The first-order valence-corrected chi connectivity index (χ1v) is 7.83. The van der Waals surface area contributed by atoms with Gasteiger partial charge in [0.1, 0.15) is 36.1 Å². The summed E-state index contributed by atoms with van der Waals surface area (Å²) in [5.41, 5.74) is -10.1. The number of aliphatic hydroxyl groups is 10. The van der Waals surface area contributed by atoms with Crippen molar-refractivity contribution in [2.75, 3.05) is 13.2 Å². The molecule has 158 valence electrons. The van der Waals surface area contributed by atoms with E-state index in [4.69, 9.17) is 10.2 Å². The molecular formula is C14H24O13. The molecule has 1 aliphatic carbocycles. The molecule has 1 rings (SSSR count). The maximum Gasteiger partial charge on any atom is 0.346 e. The van der Waals surface area contributed by atoms with Crippen molar-refractivity contribution < 1.29 is 65.8 Å². The molecule has 0 radical (unpaired) electrons. The van der Waals surface area contributed by atoms with E-state index in [9.17, 15) is 55.5 Å². The SMILES string of the molecule is O=C(O)C(O)(C(=O)C1(O)CCC1(O)C(O)C(O)CO)C(O)C(O)C(O)CO. The monoisotopic (exact) mass is 400 g/mol. The van der Waals surface area contributed by atoms with E-state index in [1.165, 1.54) is 0 Å². The van der Waals surface area contributed by atoms with Gasteiger partial charge in [0.15, 0.2) is 5.60 Å². The van der Waals surface area contributed by atoms with Crippen LogP contribution in [0.5, 0.6) is 0 Å². The summed E-state index contributed by atoms with van der Waals surface area (Å²) in [5.74, 6) is -4.61. The number of hydrogen-bond acceptors (Lipinski definition) is 12. The molecule has 1 fully saturated rings. The van der Waals surface area contributed by atoms with Gasteiger partial charge >= 0.3 is 5.97 Å². The number of ketones is 1. The van der Waals surface area contributed by atoms with Gasteiger partial charge in [-0.15, -0.1) is 0 Å². The molecule has 8 atom stereocenters. The Bertz CT molecular complexity index is 569. The predicted molar refractivity (Wildman–Crippen MR) is 80.9 cm³/mol. The molecule has 1 aliphatic rings. The van der Waals surface area contributed by atoms with Gasteiger partial charge in [0, 0.05) is 0 Å². The van der Waals surface area contributed by atoms with E-state index in [0.717, 1.165) is 0 Å². The second-order valence-electron chi connectivity index (χ2n) is 6.57. The van der Waals surface area contributed by atoms with Crippen LogP contribution in [0.1, 0.15) is 12.8 Å². The molecule has 0 aromatic rings. The molecule has 0 spiro atoms. The number of carbonyl (C=O) groups is 2. The Balaban J connectivity index is 3.33. The van der Waals surface area contributed by atoms with Crippen LogP contribution in [0.15, 0.2) is 0 Å². The van der Waals surface area contributed by atoms with E-state index < -0.39 is 85.1 Å². The molecule has 13 heteroatoms. The maximum absolute atomic E-state index is 12.6. The largest absolute Gasteiger partial charge is 0.479 e. The summed E-state index contributed by atoms with van der Waals surface area (Å²) in [6.07, 6.45) is -13.3. The van der Waals surface area contributed by atoms with Gasteiger partial charge in [0.25, 0.3) is 5.60 Å². The van der Waals surface area contributed by atoms with Gasteiger partial charge in [-0.1, -0.05) is 0 Å². The number of Topliss-reactive ketones (excluding diaryl/α,β-unsaturated/α-hetero) is 1. The lowest BCUT2D eigenvalue weighted by molar-refractivity contribution is -0.278. The Morgan fingerprint density at radius 3 is 1.74 bits per heavy atom. The van der Waals surface area contributed by atoms with Crippen LogP contribution in [0.3, 0.4) is 0 Å². The first kappa shape index (κ1) is 23.8. The smallest absolute Gasteiger partial charge is 0.346 e. The van der Waals surface area contributed by atoms with Crippen molar-refractivity contribution >= 4 is 11.8 Å². The van der Waals surface area contributed by atoms with E-state index in [0.29, 0.717) is 0 Å². The van der Waals surface area contributed by atoms with Crippen molar-refractivity contribution in [2.45, 2.75) is 60.2 Å². The molecule has 1 saturated carbocycles. The van der Waals surface area contributed by atoms with Crippen LogP contribution in [0.2, 0.25) is 0 Å². The summed E-state index contributed by atoms with van der Waals surface area (Å²) in [7, 11) is 0. The quantitative estimate of drug-likeness (QED) is 0.153. The summed E-state index contributed by atoms with van der Waals surface area (Å²) in [6.45, 7) is -2.28. The molecule has 0 heterocycles. The molecule has 8 unspecified atom stereocenters. The summed E-state index contributed by atoms with van der Waals surface area (Å²) < 4.78 is 0. The Morgan fingerprint density at radius 2 is 1.41 bits per heavy atom. The fourth-order valence-electron chi connectivity index (χ4n) is 2.98. The maximum atomic E-state index is 12.6. The van der Waals surface area contributed by atoms with Crippen LogP contribution in [0.25, 0.3) is 0 Å². The Hall–Kier alpha value is -1.26. The van der Waals surface area contributed by atoms with Gasteiger partial charge in [-0.2, -0.15) is 0 Å². The van der Waals surface area contributed by atoms with Crippen LogP contribution in [-0.2, 0) is 9.59 Å². The number of aliphatic hydroxyl groups excluding tert-OH is 7. The van der Waals surface area contributed by atoms with Gasteiger partial charge in [-0.05, 0) is 12.8 Å². The molecule has 0 amide bonds. The van der Waals surface area contributed by atoms with Gasteiger partial charge in [0.2, 0.25) is 5.78 Å². The minimum absolute atomic E-state index is 0.554. The number of carboxylic acids is 1. The average molecular weight is 400 g/mol. The molecule has 0 bridgehead atoms. The minimum atomic E-state index is -3.97. The zero-order valence-electron chi connectivity index (χ0n) is 14.0. The Kier molecular flexibility index (Phi) is 7.05. The zero-order valence-corrected chi connectivity index (χ0v) is 14.0. The average Bonchev–Trinajstić information content (AvgIpc) is 2.66. The topological polar surface area (TPSA) is 257 Å². The normalized spacial score (nSPS) is 33.1. The van der Waals surface area contributed by atoms with Crippen molar-refractivity contribution in [3.8, 4) is 0 Å². The second kappa shape index (κ2) is 8.00. The second-order valence-corrected chi connectivity index (χ2v) is 6.57. The predicted octanol–water partition coefficient (Wildman–Crippen LogP) is -6.58. The number of aliphatic carboxylic acids is 1. The zero-order chi connectivity index (χ0) is 21.4. The summed E-state index contributed by atoms with van der Waals surface area (Å²) in [4.78, 5) is 24.0. The molecule has 0 saturated heterocycles. The van der Waals surface area contributed by atoms with E-state index >= 15 is 0 Å². The lowest BCUT2D eigenvalue weighted by atomic mass is 9.56. The standard InChI is InChI=1S/C14H24O13/c15-3-5(17)7(19)9(21)14(27,11(23)24)10(22)13(26)2-1-12(13,25)8(20)6(18)4-16/h5-9,15-21,25-27H,1-4H2,(H,23,24). The number of rotatable bonds is 10. The van der Waals surface area contributed by atoms with Crippen LogP contribution in [-0.4, -0.2) is 128 Å². The first-order valence-electron chi connectivity index (χ1n) is 7.83. The van der Waals surface area contributed by atoms with E-state index in [-0.39, 0.29) is 0 Å². The Labute approximate surface area is 152 Å². The number of carbonyl (C=O) groups excluding carboxylic acids is 1. The van der Waals surface area contributed by atoms with Gasteiger partial charge in [0.05, 0.1) is 13.2 Å². The first-order chi connectivity index (χ1) is 12.2. The number of carboxylic acid groups (broad SMARTS) is 1. The van der Waals surface area contributed by atoms with E-state index in [1.54, 1.807) is 0 Å². The highest BCUT2D eigenvalue weighted by Crippen LogP contribution is 2.48. The third-order valence-corrected chi connectivity index (χ3v) is 5.01. The molecule has 27 heavy (non-hydrogen) atoms. The highest BCUT2D eigenvalue weighted by atomic mass is 16.4. The van der Waals surface area contributed by atoms with Crippen LogP contribution in [0, 0.1) is 0 Å². The van der Waals surface area contributed by atoms with Gasteiger partial charge < -0.3 is 56.2 Å². The van der Waals surface area contributed by atoms with Crippen molar-refractivity contribution in [3.05, 3.63) is 0 Å². The van der Waals surface area contributed by atoms with Crippen molar-refractivity contribution in [2.24, 2.45) is 0 Å². The minimum Gasteiger partial charge on any atom is -0.479 e. The molecule has 0 aromatic heterocycles. The highest BCUT2D eigenvalue weighted by Gasteiger charge is 2.72. The van der Waals surface area contributed by atoms with Crippen molar-refractivity contribution in [3.63, 3.8) is 0 Å². The molecule has 0 aromatic carbocycles. The molecular weight excluding hydrogens is 376 g/mol. The van der Waals surface area contributed by atoms with Crippen LogP contribution in [0.4, 0.5) is 0 Å². The summed E-state index contributed by atoms with van der Waals surface area (Å²) in [6, 6.07) is 0. The van der Waals surface area contributed by atoms with E-state index in [1.807, 2.05) is 0 Å². The fourth-order valence-corrected chi connectivity index (χ4v) is 2.98. The third kappa shape index (κ3) is 3.47. The molecule has 0 aliphatic heterocycles.